The van der Waals surface area contributed by atoms with E-state index in [-0.39, 0.29) is 7.43 Å². The summed E-state index contributed by atoms with van der Waals surface area (Å²) in [4.78, 5) is 14.8. The summed E-state index contributed by atoms with van der Waals surface area (Å²) >= 11 is 0. The molecule has 0 saturated heterocycles. The van der Waals surface area contributed by atoms with Gasteiger partial charge >= 0.3 is 0 Å². The first-order valence-electron chi connectivity index (χ1n) is 20.5. The molecule has 0 unspecified atom stereocenters. The molecule has 3 nitrogen and oxygen atoms in total. The highest BCUT2D eigenvalue weighted by Gasteiger charge is 2.35. The van der Waals surface area contributed by atoms with Gasteiger partial charge in [0.15, 0.2) is 17.5 Å². The van der Waals surface area contributed by atoms with Crippen LogP contribution in [0.2, 0.25) is 0 Å². The van der Waals surface area contributed by atoms with Gasteiger partial charge in [-0.05, 0) is 85.3 Å². The quantitative estimate of drug-likeness (QED) is 0.181. The Balaban J connectivity index is 0.00000449. The zero-order valence-electron chi connectivity index (χ0n) is 34.1. The number of hydrogen-bond acceptors (Lipinski definition) is 3. The normalized spacial score (nSPS) is 15.2. The molecule has 2 aliphatic rings. The fourth-order valence-electron chi connectivity index (χ4n) is 7.99. The molecular weight excluding hydrogens is 643 g/mol. The molecule has 1 aromatic heterocycles. The third-order valence-corrected chi connectivity index (χ3v) is 10.5. The maximum Gasteiger partial charge on any atom is 0.164 e. The van der Waals surface area contributed by atoms with Crippen LogP contribution >= 0.6 is 0 Å². The van der Waals surface area contributed by atoms with E-state index in [0.29, 0.717) is 46.1 Å². The van der Waals surface area contributed by atoms with Crippen LogP contribution in [-0.2, 0) is 11.8 Å². The van der Waals surface area contributed by atoms with Gasteiger partial charge in [-0.15, -0.1) is 0 Å². The first-order chi connectivity index (χ1) is 28.0. The minimum atomic E-state index is -2.83. The maximum absolute atomic E-state index is 8.72. The lowest BCUT2D eigenvalue weighted by Gasteiger charge is -2.22. The Morgan fingerprint density at radius 3 is 1.47 bits per heavy atom. The van der Waals surface area contributed by atoms with Crippen molar-refractivity contribution in [2.45, 2.75) is 33.0 Å². The van der Waals surface area contributed by atoms with Crippen molar-refractivity contribution in [3.05, 3.63) is 186 Å². The molecule has 10 rings (SSSR count). The van der Waals surface area contributed by atoms with Crippen molar-refractivity contribution in [2.75, 3.05) is 0 Å². The van der Waals surface area contributed by atoms with Crippen molar-refractivity contribution in [3.8, 4) is 78.7 Å². The van der Waals surface area contributed by atoms with Gasteiger partial charge < -0.3 is 0 Å². The molecule has 0 saturated carbocycles. The maximum atomic E-state index is 8.72. The number of rotatable bonds is 5. The Labute approximate surface area is 320 Å². The first-order valence-corrected chi connectivity index (χ1v) is 17.5. The molecule has 7 aromatic carbocycles. The highest BCUT2D eigenvalue weighted by Crippen LogP contribution is 2.51. The van der Waals surface area contributed by atoms with Crippen molar-refractivity contribution < 1.29 is 8.22 Å². The minimum absolute atomic E-state index is 0. The molecule has 53 heavy (non-hydrogen) atoms. The SMILES string of the molecule is C.[2H]C([2H])([2H])C1(C([2H])([2H])[2H])c2ccccc2-c2ccc(-c3cccc4c3Cc3c(-c5cccc(-c6nc(-c7ccccc7)nc(-c7ccccc7)n6)c5)cccc3-4)cc21. The summed E-state index contributed by atoms with van der Waals surface area (Å²) in [7, 11) is 0. The Bertz CT molecular complexity index is 2830. The summed E-state index contributed by atoms with van der Waals surface area (Å²) in [6.45, 7) is -5.66. The summed E-state index contributed by atoms with van der Waals surface area (Å²) < 4.78 is 52.3. The number of benzene rings is 7. The van der Waals surface area contributed by atoms with Gasteiger partial charge in [0.2, 0.25) is 0 Å². The Kier molecular flexibility index (Phi) is 6.29. The largest absolute Gasteiger partial charge is 0.208 e. The number of hydrogen-bond donors (Lipinski definition) is 0. The van der Waals surface area contributed by atoms with Crippen molar-refractivity contribution in [3.63, 3.8) is 0 Å². The van der Waals surface area contributed by atoms with E-state index in [2.05, 4.69) is 42.5 Å². The summed E-state index contributed by atoms with van der Waals surface area (Å²) in [6, 6.07) is 53.5. The second-order valence-electron chi connectivity index (χ2n) is 13.5. The molecule has 0 N–H and O–H groups in total. The van der Waals surface area contributed by atoms with E-state index in [1.807, 2.05) is 109 Å². The number of fused-ring (bicyclic) bond motifs is 6. The third kappa shape index (κ3) is 5.31. The summed E-state index contributed by atoms with van der Waals surface area (Å²) in [5.41, 5.74) is 10.8. The van der Waals surface area contributed by atoms with E-state index in [1.165, 1.54) is 5.56 Å². The number of nitrogens with zero attached hydrogens (tertiary/aromatic N) is 3. The fourth-order valence-corrected chi connectivity index (χ4v) is 7.99. The van der Waals surface area contributed by atoms with Gasteiger partial charge in [-0.3, -0.25) is 0 Å². The van der Waals surface area contributed by atoms with Crippen LogP contribution in [0.3, 0.4) is 0 Å². The second kappa shape index (κ2) is 12.6. The van der Waals surface area contributed by atoms with Crippen LogP contribution in [0.15, 0.2) is 164 Å². The van der Waals surface area contributed by atoms with E-state index < -0.39 is 19.1 Å². The molecule has 0 bridgehead atoms. The monoisotopic (exact) mass is 687 g/mol. The van der Waals surface area contributed by atoms with E-state index in [0.717, 1.165) is 55.6 Å². The lowest BCUT2D eigenvalue weighted by molar-refractivity contribution is 0.660. The fraction of sp³-hybridized carbons (Fsp3) is 0.100. The zero-order valence-corrected chi connectivity index (χ0v) is 28.1. The van der Waals surface area contributed by atoms with Crippen LogP contribution in [-0.4, -0.2) is 15.0 Å². The summed E-state index contributed by atoms with van der Waals surface area (Å²) in [6.07, 6.45) is 0.643. The highest BCUT2D eigenvalue weighted by molar-refractivity contribution is 5.91. The first kappa shape index (κ1) is 26.3. The van der Waals surface area contributed by atoms with Crippen LogP contribution in [0.1, 0.15) is 51.6 Å². The molecule has 1 heterocycles. The van der Waals surface area contributed by atoms with Crippen LogP contribution < -0.4 is 0 Å². The highest BCUT2D eigenvalue weighted by atomic mass is 15.0. The van der Waals surface area contributed by atoms with Gasteiger partial charge in [0.25, 0.3) is 0 Å². The van der Waals surface area contributed by atoms with Crippen molar-refractivity contribution >= 4 is 0 Å². The molecule has 0 spiro atoms. The van der Waals surface area contributed by atoms with Crippen molar-refractivity contribution in [1.29, 1.82) is 0 Å². The molecule has 8 aromatic rings. The van der Waals surface area contributed by atoms with Gasteiger partial charge in [-0.2, -0.15) is 0 Å². The van der Waals surface area contributed by atoms with E-state index >= 15 is 0 Å². The summed E-state index contributed by atoms with van der Waals surface area (Å²) in [5.74, 6) is 1.78. The molecule has 254 valence electrons. The van der Waals surface area contributed by atoms with E-state index in [9.17, 15) is 0 Å². The van der Waals surface area contributed by atoms with Crippen molar-refractivity contribution in [2.24, 2.45) is 0 Å². The standard InChI is InChI=1S/C49H35N3.CH4/c1-49(2)44-25-10-9-20-40(44)41-27-26-34(29-45(41)49)37-22-13-24-39-38-23-12-21-36(42(38)30-43(37)39)33-18-11-19-35(28-33)48-51-46(31-14-5-3-6-15-31)50-47(52-48)32-16-7-4-8-17-32;/h3-29H,30H2,1-2H3;1H4/i1D3,2D3;. The van der Waals surface area contributed by atoms with Gasteiger partial charge in [0.1, 0.15) is 0 Å². The average Bonchev–Trinajstić information content (AvgIpc) is 3.78. The zero-order chi connectivity index (χ0) is 39.8. The van der Waals surface area contributed by atoms with Gasteiger partial charge in [0, 0.05) is 30.3 Å². The van der Waals surface area contributed by atoms with Crippen LogP contribution in [0.4, 0.5) is 0 Å². The Morgan fingerprint density at radius 1 is 0.396 bits per heavy atom. The Morgan fingerprint density at radius 2 is 0.849 bits per heavy atom. The van der Waals surface area contributed by atoms with E-state index in [1.54, 1.807) is 12.1 Å². The lowest BCUT2D eigenvalue weighted by atomic mass is 9.81. The molecule has 2 aliphatic carbocycles. The van der Waals surface area contributed by atoms with Crippen LogP contribution in [0.5, 0.6) is 0 Å². The molecule has 0 aliphatic heterocycles. The predicted molar refractivity (Wildman–Crippen MR) is 220 cm³/mol. The minimum Gasteiger partial charge on any atom is -0.208 e. The van der Waals surface area contributed by atoms with E-state index in [4.69, 9.17) is 23.2 Å². The Hall–Kier alpha value is -6.45. The topological polar surface area (TPSA) is 38.7 Å². The molecule has 0 atom stereocenters. The van der Waals surface area contributed by atoms with Crippen molar-refractivity contribution in [1.82, 2.24) is 15.0 Å². The molecule has 0 amide bonds. The molecule has 0 radical (unpaired) electrons. The van der Waals surface area contributed by atoms with Gasteiger partial charge in [0.05, 0.1) is 0 Å². The lowest BCUT2D eigenvalue weighted by Crippen LogP contribution is -2.14. The summed E-state index contributed by atoms with van der Waals surface area (Å²) in [5, 5.41) is 0. The van der Waals surface area contributed by atoms with Gasteiger partial charge in [-0.1, -0.05) is 173 Å². The van der Waals surface area contributed by atoms with Crippen LogP contribution in [0.25, 0.3) is 78.7 Å². The molecule has 3 heteroatoms. The number of aromatic nitrogens is 3. The van der Waals surface area contributed by atoms with Crippen LogP contribution in [0, 0.1) is 0 Å². The van der Waals surface area contributed by atoms with Gasteiger partial charge in [-0.25, -0.2) is 15.0 Å². The average molecular weight is 688 g/mol. The third-order valence-electron chi connectivity index (χ3n) is 10.5. The smallest absolute Gasteiger partial charge is 0.164 e. The molecular formula is C50H39N3. The molecule has 0 fully saturated rings. The predicted octanol–water partition coefficient (Wildman–Crippen LogP) is 12.7. The second-order valence-corrected chi connectivity index (χ2v) is 13.5.